The minimum absolute atomic E-state index is 0.103. The summed E-state index contributed by atoms with van der Waals surface area (Å²) in [6.07, 6.45) is 1.78. The number of halogens is 1. The Morgan fingerprint density at radius 3 is 2.62 bits per heavy atom. The van der Waals surface area contributed by atoms with Crippen molar-refractivity contribution in [2.24, 2.45) is 0 Å². The maximum atomic E-state index is 13.0. The van der Waals surface area contributed by atoms with E-state index >= 15 is 0 Å². The monoisotopic (exact) mass is 390 g/mol. The Kier molecular flexibility index (Phi) is 5.20. The Balaban J connectivity index is 1.44. The zero-order valence-electron chi connectivity index (χ0n) is 15.8. The Labute approximate surface area is 167 Å². The average Bonchev–Trinajstić information content (AvgIpc) is 3.37. The number of rotatable bonds is 6. The highest BCUT2D eigenvalue weighted by Gasteiger charge is 2.15. The van der Waals surface area contributed by atoms with E-state index in [-0.39, 0.29) is 18.3 Å². The van der Waals surface area contributed by atoms with E-state index in [2.05, 4.69) is 15.5 Å². The van der Waals surface area contributed by atoms with Crippen LogP contribution in [0.2, 0.25) is 0 Å². The minimum Gasteiger partial charge on any atom is -0.350 e. The van der Waals surface area contributed by atoms with Crippen molar-refractivity contribution in [2.45, 2.75) is 20.0 Å². The Hall–Kier alpha value is -3.74. The maximum Gasteiger partial charge on any atom is 0.274 e. The lowest BCUT2D eigenvalue weighted by molar-refractivity contribution is -0.121. The minimum atomic E-state index is -0.304. The third-order valence-corrected chi connectivity index (χ3v) is 4.50. The van der Waals surface area contributed by atoms with Crippen molar-refractivity contribution >= 4 is 5.91 Å². The van der Waals surface area contributed by atoms with Crippen molar-refractivity contribution in [3.05, 3.63) is 83.8 Å². The first-order valence-corrected chi connectivity index (χ1v) is 9.16. The molecule has 29 heavy (non-hydrogen) atoms. The van der Waals surface area contributed by atoms with Gasteiger partial charge < -0.3 is 14.4 Å². The second-order valence-corrected chi connectivity index (χ2v) is 6.71. The van der Waals surface area contributed by atoms with Crippen LogP contribution in [-0.2, 0) is 17.9 Å². The fraction of sp³-hybridized carbons (Fsp3) is 0.136. The molecule has 4 aromatic rings. The van der Waals surface area contributed by atoms with Crippen molar-refractivity contribution in [1.82, 2.24) is 20.0 Å². The molecule has 0 aliphatic heterocycles. The van der Waals surface area contributed by atoms with Gasteiger partial charge in [-0.3, -0.25) is 4.79 Å². The van der Waals surface area contributed by atoms with E-state index in [1.807, 2.05) is 43.3 Å². The third kappa shape index (κ3) is 4.40. The zero-order valence-corrected chi connectivity index (χ0v) is 15.8. The van der Waals surface area contributed by atoms with Crippen LogP contribution in [0.1, 0.15) is 11.1 Å². The molecule has 6 nitrogen and oxygen atoms in total. The summed E-state index contributed by atoms with van der Waals surface area (Å²) in [5.74, 6) is 0.358. The van der Waals surface area contributed by atoms with E-state index < -0.39 is 0 Å². The molecule has 0 radical (unpaired) electrons. The first-order chi connectivity index (χ1) is 14.1. The van der Waals surface area contributed by atoms with Gasteiger partial charge in [-0.1, -0.05) is 47.1 Å². The molecular formula is C22H19FN4O2. The number of aryl methyl sites for hydroxylation is 1. The summed E-state index contributed by atoms with van der Waals surface area (Å²) in [5.41, 5.74) is 3.50. The van der Waals surface area contributed by atoms with E-state index in [0.29, 0.717) is 24.0 Å². The topological polar surface area (TPSA) is 73.0 Å². The molecule has 0 aliphatic carbocycles. The van der Waals surface area contributed by atoms with Crippen molar-refractivity contribution < 1.29 is 13.7 Å². The molecule has 0 aliphatic rings. The lowest BCUT2D eigenvalue weighted by atomic mass is 10.1. The molecule has 4 rings (SSSR count). The first kappa shape index (κ1) is 18.6. The molecule has 2 heterocycles. The molecule has 0 unspecified atom stereocenters. The molecule has 0 fully saturated rings. The fourth-order valence-electron chi connectivity index (χ4n) is 2.91. The molecule has 0 atom stereocenters. The molecule has 146 valence electrons. The molecule has 0 saturated heterocycles. The highest BCUT2D eigenvalue weighted by molar-refractivity contribution is 5.76. The molecule has 0 bridgehead atoms. The van der Waals surface area contributed by atoms with Gasteiger partial charge in [-0.05, 0) is 36.8 Å². The Morgan fingerprint density at radius 2 is 1.86 bits per heavy atom. The summed E-state index contributed by atoms with van der Waals surface area (Å²) in [7, 11) is 0. The molecule has 1 N–H and O–H groups in total. The Bertz CT molecular complexity index is 1110. The van der Waals surface area contributed by atoms with Gasteiger partial charge in [-0.15, -0.1) is 0 Å². The van der Waals surface area contributed by atoms with Crippen molar-refractivity contribution in [3.8, 4) is 23.0 Å². The molecule has 7 heteroatoms. The first-order valence-electron chi connectivity index (χ1n) is 9.16. The van der Waals surface area contributed by atoms with Crippen LogP contribution in [0.3, 0.4) is 0 Å². The van der Waals surface area contributed by atoms with E-state index in [0.717, 1.165) is 16.7 Å². The smallest absolute Gasteiger partial charge is 0.274 e. The highest BCUT2D eigenvalue weighted by atomic mass is 19.1. The number of carbonyl (C=O) groups excluding carboxylic acids is 1. The fourth-order valence-corrected chi connectivity index (χ4v) is 2.91. The van der Waals surface area contributed by atoms with Crippen LogP contribution >= 0.6 is 0 Å². The van der Waals surface area contributed by atoms with E-state index in [1.165, 1.54) is 12.1 Å². The third-order valence-electron chi connectivity index (χ3n) is 4.50. The van der Waals surface area contributed by atoms with Gasteiger partial charge in [-0.2, -0.15) is 4.98 Å². The van der Waals surface area contributed by atoms with Crippen LogP contribution < -0.4 is 5.32 Å². The normalized spacial score (nSPS) is 10.8. The van der Waals surface area contributed by atoms with Crippen molar-refractivity contribution in [2.75, 3.05) is 0 Å². The number of hydrogen-bond donors (Lipinski definition) is 1. The SMILES string of the molecule is Cc1ccc(-c2noc(-c3cccn3CC(=O)NCc3ccc(F)cc3)n2)cc1. The van der Waals surface area contributed by atoms with Gasteiger partial charge in [0.2, 0.25) is 11.7 Å². The summed E-state index contributed by atoms with van der Waals surface area (Å²) < 4.78 is 20.1. The van der Waals surface area contributed by atoms with Crippen LogP contribution in [0, 0.1) is 12.7 Å². The molecule has 0 spiro atoms. The molecule has 2 aromatic carbocycles. The van der Waals surface area contributed by atoms with Crippen LogP contribution in [0.4, 0.5) is 4.39 Å². The van der Waals surface area contributed by atoms with Gasteiger partial charge in [0.1, 0.15) is 18.1 Å². The van der Waals surface area contributed by atoms with E-state index in [9.17, 15) is 9.18 Å². The second-order valence-electron chi connectivity index (χ2n) is 6.71. The van der Waals surface area contributed by atoms with Gasteiger partial charge in [0.15, 0.2) is 0 Å². The zero-order chi connectivity index (χ0) is 20.2. The van der Waals surface area contributed by atoms with Crippen LogP contribution in [0.5, 0.6) is 0 Å². The summed E-state index contributed by atoms with van der Waals surface area (Å²) in [4.78, 5) is 16.8. The summed E-state index contributed by atoms with van der Waals surface area (Å²) >= 11 is 0. The van der Waals surface area contributed by atoms with Crippen LogP contribution in [0.25, 0.3) is 23.0 Å². The van der Waals surface area contributed by atoms with Gasteiger partial charge in [0, 0.05) is 18.3 Å². The average molecular weight is 390 g/mol. The van der Waals surface area contributed by atoms with Crippen molar-refractivity contribution in [3.63, 3.8) is 0 Å². The molecule has 2 aromatic heterocycles. The summed E-state index contributed by atoms with van der Waals surface area (Å²) in [6, 6.07) is 17.5. The summed E-state index contributed by atoms with van der Waals surface area (Å²) in [5, 5.41) is 6.87. The highest BCUT2D eigenvalue weighted by Crippen LogP contribution is 2.23. The second kappa shape index (κ2) is 8.10. The van der Waals surface area contributed by atoms with Crippen LogP contribution in [-0.4, -0.2) is 20.6 Å². The number of aromatic nitrogens is 3. The molecular weight excluding hydrogens is 371 g/mol. The number of benzene rings is 2. The predicted molar refractivity (Wildman–Crippen MR) is 106 cm³/mol. The van der Waals surface area contributed by atoms with Gasteiger partial charge in [0.05, 0.1) is 0 Å². The van der Waals surface area contributed by atoms with Gasteiger partial charge in [0.25, 0.3) is 5.89 Å². The number of nitrogens with one attached hydrogen (secondary N) is 1. The maximum absolute atomic E-state index is 13.0. The Morgan fingerprint density at radius 1 is 1.10 bits per heavy atom. The number of nitrogens with zero attached hydrogens (tertiary/aromatic N) is 3. The largest absolute Gasteiger partial charge is 0.350 e. The van der Waals surface area contributed by atoms with E-state index in [4.69, 9.17) is 4.52 Å². The molecule has 0 saturated carbocycles. The van der Waals surface area contributed by atoms with Gasteiger partial charge in [-0.25, -0.2) is 4.39 Å². The number of hydrogen-bond acceptors (Lipinski definition) is 4. The summed E-state index contributed by atoms with van der Waals surface area (Å²) in [6.45, 7) is 2.44. The van der Waals surface area contributed by atoms with Gasteiger partial charge >= 0.3 is 0 Å². The molecule has 1 amide bonds. The lowest BCUT2D eigenvalue weighted by Crippen LogP contribution is -2.27. The lowest BCUT2D eigenvalue weighted by Gasteiger charge is -2.08. The predicted octanol–water partition coefficient (Wildman–Crippen LogP) is 3.97. The standard InChI is InChI=1S/C22H19FN4O2/c1-15-4-8-17(9-5-15)21-25-22(29-26-21)19-3-2-12-27(19)14-20(28)24-13-16-6-10-18(23)11-7-16/h2-12H,13-14H2,1H3,(H,24,28). The quantitative estimate of drug-likeness (QED) is 0.541. The number of carbonyl (C=O) groups is 1. The van der Waals surface area contributed by atoms with Crippen molar-refractivity contribution in [1.29, 1.82) is 0 Å². The number of amides is 1. The van der Waals surface area contributed by atoms with E-state index in [1.54, 1.807) is 22.9 Å². The van der Waals surface area contributed by atoms with Crippen LogP contribution in [0.15, 0.2) is 71.4 Å².